The molecule has 0 saturated heterocycles. The van der Waals surface area contributed by atoms with Crippen LogP contribution >= 0.6 is 24.8 Å². The first-order chi connectivity index (χ1) is 16.6. The molecule has 0 heterocycles. The molecule has 6 nitrogen and oxygen atoms in total. The molecule has 0 aliphatic rings. The van der Waals surface area contributed by atoms with Crippen molar-refractivity contribution in [3.05, 3.63) is 59.7 Å². The van der Waals surface area contributed by atoms with Crippen LogP contribution < -0.4 is 20.9 Å². The van der Waals surface area contributed by atoms with Crippen molar-refractivity contribution < 1.29 is 9.47 Å². The third kappa shape index (κ3) is 13.6. The molecule has 0 atom stereocenters. The minimum atomic E-state index is 0. The Balaban J connectivity index is 0.00000612. The number of hydrogen-bond acceptors (Lipinski definition) is 4. The van der Waals surface area contributed by atoms with E-state index >= 15 is 0 Å². The molecular formula is C28H44Cl2N4O2. The molecule has 4 N–H and O–H groups in total. The van der Waals surface area contributed by atoms with Gasteiger partial charge in [0.05, 0.1) is 14.2 Å². The number of rotatable bonds is 17. The van der Waals surface area contributed by atoms with Crippen molar-refractivity contribution in [2.75, 3.05) is 27.3 Å². The maximum absolute atomic E-state index is 6.09. The van der Waals surface area contributed by atoms with Gasteiger partial charge in [0, 0.05) is 24.2 Å². The molecule has 0 saturated carbocycles. The van der Waals surface area contributed by atoms with Crippen LogP contribution in [0.1, 0.15) is 75.3 Å². The first kappa shape index (κ1) is 33.6. The zero-order valence-corrected chi connectivity index (χ0v) is 23.4. The number of unbranched alkanes of at least 4 members (excludes halogenated alkanes) is 9. The molecule has 2 aromatic carbocycles. The number of methoxy groups -OCH3 is 2. The maximum atomic E-state index is 6.09. The van der Waals surface area contributed by atoms with E-state index < -0.39 is 0 Å². The van der Waals surface area contributed by atoms with E-state index in [0.717, 1.165) is 48.6 Å². The third-order valence-electron chi connectivity index (χ3n) is 5.86. The van der Waals surface area contributed by atoms with Gasteiger partial charge in [0.2, 0.25) is 0 Å². The zero-order chi connectivity index (χ0) is 24.4. The van der Waals surface area contributed by atoms with Crippen LogP contribution in [-0.4, -0.2) is 39.0 Å². The monoisotopic (exact) mass is 538 g/mol. The van der Waals surface area contributed by atoms with Crippen molar-refractivity contribution in [1.29, 1.82) is 0 Å². The van der Waals surface area contributed by atoms with Crippen LogP contribution in [0.5, 0.6) is 11.5 Å². The second-order valence-corrected chi connectivity index (χ2v) is 8.53. The summed E-state index contributed by atoms with van der Waals surface area (Å²) in [5.41, 5.74) is 14.0. The van der Waals surface area contributed by atoms with Crippen LogP contribution in [0.4, 0.5) is 0 Å². The lowest BCUT2D eigenvalue weighted by atomic mass is 10.1. The van der Waals surface area contributed by atoms with Crippen molar-refractivity contribution in [2.45, 2.75) is 64.2 Å². The standard InChI is InChI=1S/C28H42N4O2.2ClH/c1-33-25-17-13-15-23(21-25)27(29)31-19-11-9-7-5-3-4-6-8-10-12-20-32-28(30)24-16-14-18-26(22-24)34-2;;/h13-18,21-22H,3-12,19-20H2,1-2H3,(H2,29,31)(H2,30,32);2*1H. The topological polar surface area (TPSA) is 95.2 Å². The largest absolute Gasteiger partial charge is 0.497 e. The lowest BCUT2D eigenvalue weighted by Gasteiger charge is -2.05. The summed E-state index contributed by atoms with van der Waals surface area (Å²) < 4.78 is 10.5. The summed E-state index contributed by atoms with van der Waals surface area (Å²) in [5.74, 6) is 2.79. The Morgan fingerprint density at radius 2 is 0.917 bits per heavy atom. The molecule has 0 aliphatic heterocycles. The van der Waals surface area contributed by atoms with Crippen LogP contribution in [0.25, 0.3) is 0 Å². The minimum absolute atomic E-state index is 0. The number of benzene rings is 2. The minimum Gasteiger partial charge on any atom is -0.497 e. The fraction of sp³-hybridized carbons (Fsp3) is 0.500. The van der Waals surface area contributed by atoms with Crippen molar-refractivity contribution in [3.8, 4) is 11.5 Å². The normalized spacial score (nSPS) is 11.4. The van der Waals surface area contributed by atoms with E-state index in [1.165, 1.54) is 51.4 Å². The molecule has 36 heavy (non-hydrogen) atoms. The number of nitrogens with zero attached hydrogens (tertiary/aromatic N) is 2. The van der Waals surface area contributed by atoms with E-state index in [4.69, 9.17) is 20.9 Å². The van der Waals surface area contributed by atoms with E-state index in [0.29, 0.717) is 11.7 Å². The number of halogens is 2. The number of hydrogen-bond donors (Lipinski definition) is 2. The number of aliphatic imine (C=N–C) groups is 2. The molecule has 2 aromatic rings. The van der Waals surface area contributed by atoms with Crippen molar-refractivity contribution >= 4 is 36.5 Å². The Labute approximate surface area is 229 Å². The van der Waals surface area contributed by atoms with Gasteiger partial charge < -0.3 is 20.9 Å². The van der Waals surface area contributed by atoms with Gasteiger partial charge in [-0.1, -0.05) is 75.6 Å². The van der Waals surface area contributed by atoms with Gasteiger partial charge in [-0.3, -0.25) is 9.98 Å². The van der Waals surface area contributed by atoms with Gasteiger partial charge in [-0.05, 0) is 37.1 Å². The lowest BCUT2D eigenvalue weighted by molar-refractivity contribution is 0.414. The molecule has 0 aliphatic carbocycles. The molecule has 8 heteroatoms. The third-order valence-corrected chi connectivity index (χ3v) is 5.86. The highest BCUT2D eigenvalue weighted by Gasteiger charge is 2.01. The van der Waals surface area contributed by atoms with Crippen LogP contribution in [0.2, 0.25) is 0 Å². The Hall–Kier alpha value is -2.44. The summed E-state index contributed by atoms with van der Waals surface area (Å²) in [6, 6.07) is 15.5. The van der Waals surface area contributed by atoms with Gasteiger partial charge in [-0.2, -0.15) is 0 Å². The molecular weight excluding hydrogens is 495 g/mol. The van der Waals surface area contributed by atoms with E-state index in [9.17, 15) is 0 Å². The van der Waals surface area contributed by atoms with Crippen molar-refractivity contribution in [2.24, 2.45) is 21.5 Å². The second kappa shape index (κ2) is 20.7. The van der Waals surface area contributed by atoms with Crippen LogP contribution in [-0.2, 0) is 0 Å². The van der Waals surface area contributed by atoms with Crippen LogP contribution in [0.15, 0.2) is 58.5 Å². The molecule has 0 aromatic heterocycles. The Kier molecular flexibility index (Phi) is 19.3. The number of nitrogens with two attached hydrogens (primary N) is 2. The molecule has 2 rings (SSSR count). The smallest absolute Gasteiger partial charge is 0.125 e. The van der Waals surface area contributed by atoms with Crippen LogP contribution in [0, 0.1) is 0 Å². The van der Waals surface area contributed by atoms with E-state index in [1.54, 1.807) is 14.2 Å². The van der Waals surface area contributed by atoms with E-state index in [-0.39, 0.29) is 24.8 Å². The summed E-state index contributed by atoms with van der Waals surface area (Å²) in [4.78, 5) is 9.01. The summed E-state index contributed by atoms with van der Waals surface area (Å²) in [5, 5.41) is 0. The first-order valence-corrected chi connectivity index (χ1v) is 12.5. The molecule has 0 unspecified atom stereocenters. The molecule has 0 amide bonds. The van der Waals surface area contributed by atoms with Crippen molar-refractivity contribution in [1.82, 2.24) is 0 Å². The summed E-state index contributed by atoms with van der Waals surface area (Å²) in [7, 11) is 3.31. The number of amidine groups is 2. The highest BCUT2D eigenvalue weighted by atomic mass is 35.5. The van der Waals surface area contributed by atoms with Gasteiger partial charge in [-0.15, -0.1) is 24.8 Å². The number of ether oxygens (including phenoxy) is 2. The zero-order valence-electron chi connectivity index (χ0n) is 21.8. The average Bonchev–Trinajstić information content (AvgIpc) is 2.88. The Bertz CT molecular complexity index is 833. The highest BCUT2D eigenvalue weighted by Crippen LogP contribution is 2.14. The highest BCUT2D eigenvalue weighted by molar-refractivity contribution is 5.98. The maximum Gasteiger partial charge on any atom is 0.125 e. The first-order valence-electron chi connectivity index (χ1n) is 12.5. The van der Waals surface area contributed by atoms with Gasteiger partial charge in [0.15, 0.2) is 0 Å². The predicted octanol–water partition coefficient (Wildman–Crippen LogP) is 6.56. The van der Waals surface area contributed by atoms with Gasteiger partial charge in [0.25, 0.3) is 0 Å². The SMILES string of the molecule is COc1cccc(C(N)=NCCCCCCCCCCCCN=C(N)c2cccc(OC)c2)c1.Cl.Cl. The Morgan fingerprint density at radius 3 is 1.25 bits per heavy atom. The van der Waals surface area contributed by atoms with Gasteiger partial charge in [0.1, 0.15) is 23.2 Å². The predicted molar refractivity (Wildman–Crippen MR) is 158 cm³/mol. The Morgan fingerprint density at radius 1 is 0.583 bits per heavy atom. The average molecular weight is 540 g/mol. The van der Waals surface area contributed by atoms with E-state index in [1.807, 2.05) is 48.5 Å². The molecule has 0 fully saturated rings. The molecule has 0 bridgehead atoms. The molecule has 202 valence electrons. The quantitative estimate of drug-likeness (QED) is 0.135. The fourth-order valence-electron chi connectivity index (χ4n) is 3.78. The van der Waals surface area contributed by atoms with Crippen LogP contribution in [0.3, 0.4) is 0 Å². The summed E-state index contributed by atoms with van der Waals surface area (Å²) in [6.45, 7) is 1.57. The summed E-state index contributed by atoms with van der Waals surface area (Å²) in [6.07, 6.45) is 12.4. The summed E-state index contributed by atoms with van der Waals surface area (Å²) >= 11 is 0. The fourth-order valence-corrected chi connectivity index (χ4v) is 3.78. The molecule has 0 spiro atoms. The van der Waals surface area contributed by atoms with Gasteiger partial charge >= 0.3 is 0 Å². The lowest BCUT2D eigenvalue weighted by Crippen LogP contribution is -2.14. The van der Waals surface area contributed by atoms with E-state index in [2.05, 4.69) is 9.98 Å². The van der Waals surface area contributed by atoms with Gasteiger partial charge in [-0.25, -0.2) is 0 Å². The van der Waals surface area contributed by atoms with Crippen molar-refractivity contribution in [3.63, 3.8) is 0 Å². The molecule has 0 radical (unpaired) electrons. The second-order valence-electron chi connectivity index (χ2n) is 8.53.